The molecule has 0 fully saturated rings. The first-order valence-electron chi connectivity index (χ1n) is 8.53. The van der Waals surface area contributed by atoms with Gasteiger partial charge in [0.1, 0.15) is 17.9 Å². The summed E-state index contributed by atoms with van der Waals surface area (Å²) in [5, 5.41) is 11.0. The van der Waals surface area contributed by atoms with Gasteiger partial charge in [-0.05, 0) is 33.3 Å². The van der Waals surface area contributed by atoms with E-state index in [2.05, 4.69) is 4.99 Å². The molecule has 1 aromatic rings. The second-order valence-corrected chi connectivity index (χ2v) is 7.09. The van der Waals surface area contributed by atoms with Crippen LogP contribution >= 0.6 is 0 Å². The Kier molecular flexibility index (Phi) is 6.27. The van der Waals surface area contributed by atoms with E-state index >= 15 is 0 Å². The van der Waals surface area contributed by atoms with E-state index < -0.39 is 22.4 Å². The van der Waals surface area contributed by atoms with Crippen molar-refractivity contribution in [1.82, 2.24) is 0 Å². The van der Waals surface area contributed by atoms with Crippen LogP contribution in [0.3, 0.4) is 0 Å². The number of nitro groups is 1. The Labute approximate surface area is 156 Å². The first-order chi connectivity index (χ1) is 12.6. The molecular weight excluding hydrogens is 354 g/mol. The Morgan fingerprint density at radius 2 is 2.11 bits per heavy atom. The molecule has 0 spiro atoms. The highest BCUT2D eigenvalue weighted by molar-refractivity contribution is 6.42. The maximum absolute atomic E-state index is 12.9. The molecule has 0 amide bonds. The number of ether oxygens (including phenoxy) is 2. The van der Waals surface area contributed by atoms with Crippen LogP contribution in [0.4, 0.5) is 5.69 Å². The Bertz CT molecular complexity index is 782. The average Bonchev–Trinajstić information content (AvgIpc) is 2.59. The molecule has 146 valence electrons. The largest absolute Gasteiger partial charge is 0.493 e. The second kappa shape index (κ2) is 8.26. The summed E-state index contributed by atoms with van der Waals surface area (Å²) < 4.78 is 10.6. The zero-order chi connectivity index (χ0) is 20.2. The van der Waals surface area contributed by atoms with E-state index in [1.165, 1.54) is 18.2 Å². The molecular formula is C18H23N3O6. The Morgan fingerprint density at radius 1 is 1.41 bits per heavy atom. The number of rotatable bonds is 6. The van der Waals surface area contributed by atoms with Crippen molar-refractivity contribution in [2.75, 3.05) is 19.7 Å². The molecule has 1 aliphatic rings. The molecule has 27 heavy (non-hydrogen) atoms. The van der Waals surface area contributed by atoms with E-state index in [-0.39, 0.29) is 30.3 Å². The van der Waals surface area contributed by atoms with E-state index in [0.29, 0.717) is 24.3 Å². The fourth-order valence-electron chi connectivity index (χ4n) is 2.75. The summed E-state index contributed by atoms with van der Waals surface area (Å²) in [4.78, 5) is 39.2. The van der Waals surface area contributed by atoms with Crippen molar-refractivity contribution >= 4 is 23.2 Å². The minimum Gasteiger partial charge on any atom is -0.493 e. The minimum atomic E-state index is -0.658. The van der Waals surface area contributed by atoms with Crippen molar-refractivity contribution in [3.05, 3.63) is 33.9 Å². The van der Waals surface area contributed by atoms with Gasteiger partial charge in [-0.1, -0.05) is 0 Å². The number of carbonyl (C=O) groups excluding carboxylic acids is 2. The van der Waals surface area contributed by atoms with Gasteiger partial charge in [-0.2, -0.15) is 0 Å². The van der Waals surface area contributed by atoms with Crippen molar-refractivity contribution < 1.29 is 24.0 Å². The predicted molar refractivity (Wildman–Crippen MR) is 98.2 cm³/mol. The lowest BCUT2D eigenvalue weighted by Crippen LogP contribution is -2.33. The van der Waals surface area contributed by atoms with Gasteiger partial charge in [-0.15, -0.1) is 0 Å². The van der Waals surface area contributed by atoms with Crippen molar-refractivity contribution in [3.8, 4) is 5.75 Å². The van der Waals surface area contributed by atoms with Crippen LogP contribution in [0.2, 0.25) is 0 Å². The summed E-state index contributed by atoms with van der Waals surface area (Å²) in [5.41, 5.74) is 5.34. The number of aliphatic imine (C=N–C) groups is 1. The van der Waals surface area contributed by atoms with Crippen LogP contribution in [0.1, 0.15) is 38.7 Å². The van der Waals surface area contributed by atoms with Gasteiger partial charge >= 0.3 is 5.97 Å². The molecule has 2 rings (SSSR count). The lowest BCUT2D eigenvalue weighted by Gasteiger charge is -2.25. The molecule has 1 aromatic carbocycles. The zero-order valence-electron chi connectivity index (χ0n) is 15.6. The number of fused-ring (bicyclic) bond motifs is 1. The summed E-state index contributed by atoms with van der Waals surface area (Å²) in [7, 11) is 0. The average molecular weight is 377 g/mol. The van der Waals surface area contributed by atoms with Gasteiger partial charge in [0.2, 0.25) is 0 Å². The second-order valence-electron chi connectivity index (χ2n) is 7.09. The molecule has 0 saturated carbocycles. The Hall–Kier alpha value is -2.81. The Morgan fingerprint density at radius 3 is 2.70 bits per heavy atom. The van der Waals surface area contributed by atoms with Crippen LogP contribution in [0.5, 0.6) is 5.75 Å². The van der Waals surface area contributed by atoms with Gasteiger partial charge in [-0.25, -0.2) is 0 Å². The van der Waals surface area contributed by atoms with Crippen molar-refractivity contribution in [2.24, 2.45) is 10.7 Å². The molecule has 0 aromatic heterocycles. The smallest absolute Gasteiger partial charge is 0.328 e. The third-order valence-corrected chi connectivity index (χ3v) is 3.86. The molecule has 0 radical (unpaired) electrons. The monoisotopic (exact) mass is 377 g/mol. The van der Waals surface area contributed by atoms with Crippen molar-refractivity contribution in [1.29, 1.82) is 0 Å². The molecule has 1 aliphatic heterocycles. The van der Waals surface area contributed by atoms with Gasteiger partial charge in [0.15, 0.2) is 5.78 Å². The lowest BCUT2D eigenvalue weighted by molar-refractivity contribution is -0.385. The summed E-state index contributed by atoms with van der Waals surface area (Å²) in [6, 6.07) is 4.14. The van der Waals surface area contributed by atoms with E-state index in [4.69, 9.17) is 15.2 Å². The van der Waals surface area contributed by atoms with Crippen LogP contribution < -0.4 is 10.5 Å². The predicted octanol–water partition coefficient (Wildman–Crippen LogP) is 1.77. The van der Waals surface area contributed by atoms with Crippen LogP contribution in [-0.4, -0.2) is 47.7 Å². The van der Waals surface area contributed by atoms with Gasteiger partial charge in [0, 0.05) is 24.2 Å². The lowest BCUT2D eigenvalue weighted by atomic mass is 9.87. The number of benzene rings is 1. The van der Waals surface area contributed by atoms with Gasteiger partial charge < -0.3 is 15.2 Å². The molecule has 0 bridgehead atoms. The van der Waals surface area contributed by atoms with Crippen molar-refractivity contribution in [3.63, 3.8) is 0 Å². The number of hydrogen-bond donors (Lipinski definition) is 1. The van der Waals surface area contributed by atoms with Crippen molar-refractivity contribution in [2.45, 2.75) is 38.7 Å². The minimum absolute atomic E-state index is 0.0465. The maximum Gasteiger partial charge on any atom is 0.328 e. The number of non-ortho nitro benzene ring substituents is 1. The first kappa shape index (κ1) is 20.5. The van der Waals surface area contributed by atoms with E-state index in [1.807, 2.05) is 0 Å². The molecule has 0 saturated heterocycles. The third-order valence-electron chi connectivity index (χ3n) is 3.86. The maximum atomic E-state index is 12.9. The van der Waals surface area contributed by atoms with Crippen LogP contribution in [0.25, 0.3) is 0 Å². The van der Waals surface area contributed by atoms with E-state index in [0.717, 1.165) is 0 Å². The third kappa shape index (κ3) is 5.33. The van der Waals surface area contributed by atoms with E-state index in [1.54, 1.807) is 20.8 Å². The quantitative estimate of drug-likeness (QED) is 0.345. The number of Topliss-reactive ketones (excluding diaryl/α,β-unsaturated/α-hetero) is 1. The number of carbonyl (C=O) groups is 2. The zero-order valence-corrected chi connectivity index (χ0v) is 15.6. The highest BCUT2D eigenvalue weighted by Gasteiger charge is 2.31. The highest BCUT2D eigenvalue weighted by atomic mass is 16.6. The molecule has 2 N–H and O–H groups in total. The molecule has 9 nitrogen and oxygen atoms in total. The summed E-state index contributed by atoms with van der Waals surface area (Å²) >= 11 is 0. The number of esters is 1. The molecule has 1 unspecified atom stereocenters. The first-order valence-corrected chi connectivity index (χ1v) is 8.53. The summed E-state index contributed by atoms with van der Waals surface area (Å²) in [6.45, 7) is 5.02. The van der Waals surface area contributed by atoms with E-state index in [9.17, 15) is 19.7 Å². The number of nitro benzene ring substituents is 1. The summed E-state index contributed by atoms with van der Waals surface area (Å²) in [5.74, 6) is -1.17. The molecule has 1 atom stereocenters. The molecule has 1 heterocycles. The molecule has 0 aliphatic carbocycles. The Balaban J connectivity index is 2.23. The fraction of sp³-hybridized carbons (Fsp3) is 0.500. The number of hydrogen-bond acceptors (Lipinski definition) is 8. The van der Waals surface area contributed by atoms with Crippen LogP contribution in [0, 0.1) is 10.1 Å². The topological polar surface area (TPSA) is 134 Å². The normalized spacial score (nSPS) is 16.9. The number of nitrogens with zero attached hydrogens (tertiary/aromatic N) is 2. The highest BCUT2D eigenvalue weighted by Crippen LogP contribution is 2.36. The molecule has 9 heteroatoms. The number of nitrogens with two attached hydrogens (primary N) is 1. The van der Waals surface area contributed by atoms with Gasteiger partial charge in [0.25, 0.3) is 5.69 Å². The van der Waals surface area contributed by atoms with Gasteiger partial charge in [0.05, 0.1) is 23.2 Å². The SMILES string of the molecule is CC(C)(C)OC(=O)CN=C(CN)C(=O)C1CCOc2ccc([N+](=O)[O-])cc21. The number of ketones is 1. The summed E-state index contributed by atoms with van der Waals surface area (Å²) in [6.07, 6.45) is 0.346. The van der Waals surface area contributed by atoms with Crippen LogP contribution in [-0.2, 0) is 14.3 Å². The fourth-order valence-corrected chi connectivity index (χ4v) is 2.75. The van der Waals surface area contributed by atoms with Gasteiger partial charge in [-0.3, -0.25) is 24.7 Å². The van der Waals surface area contributed by atoms with Crippen LogP contribution in [0.15, 0.2) is 23.2 Å². The standard InChI is InChI=1S/C18H23N3O6/c1-18(2,3)27-16(22)10-20-14(9-19)17(23)12-6-7-26-15-5-4-11(21(24)25)8-13(12)15/h4-5,8,12H,6-7,9-10,19H2,1-3H3.